The van der Waals surface area contributed by atoms with Gasteiger partial charge in [0.1, 0.15) is 5.75 Å². The monoisotopic (exact) mass is 383 g/mol. The third kappa shape index (κ3) is 4.28. The van der Waals surface area contributed by atoms with Crippen LogP contribution in [-0.2, 0) is 11.3 Å². The third-order valence-electron chi connectivity index (χ3n) is 3.99. The fourth-order valence-electron chi connectivity index (χ4n) is 2.57. The molecule has 7 nitrogen and oxygen atoms in total. The molecule has 1 amide bonds. The fourth-order valence-corrected chi connectivity index (χ4v) is 3.48. The van der Waals surface area contributed by atoms with E-state index in [0.29, 0.717) is 23.1 Å². The highest BCUT2D eigenvalue weighted by Gasteiger charge is 2.21. The molecule has 0 radical (unpaired) electrons. The number of carbonyl (C=O) groups is 1. The molecule has 0 spiro atoms. The van der Waals surface area contributed by atoms with Crippen LogP contribution in [0.5, 0.6) is 5.75 Å². The van der Waals surface area contributed by atoms with Gasteiger partial charge in [0.2, 0.25) is 5.91 Å². The first kappa shape index (κ1) is 18.9. The van der Waals surface area contributed by atoms with Crippen LogP contribution in [0.3, 0.4) is 0 Å². The van der Waals surface area contributed by atoms with Crippen LogP contribution in [0.1, 0.15) is 13.8 Å². The number of thioether (sulfide) groups is 1. The average Bonchev–Trinajstić information content (AvgIpc) is 3.11. The largest absolute Gasteiger partial charge is 0.495 e. The summed E-state index contributed by atoms with van der Waals surface area (Å²) >= 11 is 1.37. The summed E-state index contributed by atoms with van der Waals surface area (Å²) in [6.45, 7) is 4.57. The third-order valence-corrected chi connectivity index (χ3v) is 5.07. The van der Waals surface area contributed by atoms with Crippen LogP contribution in [0.25, 0.3) is 11.4 Å². The van der Waals surface area contributed by atoms with Crippen molar-refractivity contribution in [2.45, 2.75) is 30.8 Å². The molecule has 0 saturated carbocycles. The van der Waals surface area contributed by atoms with Crippen molar-refractivity contribution in [2.75, 3.05) is 12.4 Å². The highest BCUT2D eigenvalue weighted by molar-refractivity contribution is 8.00. The van der Waals surface area contributed by atoms with Crippen LogP contribution >= 0.6 is 11.8 Å². The van der Waals surface area contributed by atoms with Gasteiger partial charge in [-0.25, -0.2) is 0 Å². The van der Waals surface area contributed by atoms with Gasteiger partial charge in [0.05, 0.1) is 18.0 Å². The molecule has 0 aliphatic rings. The van der Waals surface area contributed by atoms with Crippen LogP contribution in [-0.4, -0.2) is 38.0 Å². The Morgan fingerprint density at radius 1 is 1.22 bits per heavy atom. The van der Waals surface area contributed by atoms with Gasteiger partial charge in [0.15, 0.2) is 11.0 Å². The predicted octanol–water partition coefficient (Wildman–Crippen LogP) is 3.49. The van der Waals surface area contributed by atoms with Gasteiger partial charge < -0.3 is 14.6 Å². The lowest BCUT2D eigenvalue weighted by atomic mass is 10.2. The van der Waals surface area contributed by atoms with Gasteiger partial charge in [-0.1, -0.05) is 23.9 Å². The van der Waals surface area contributed by atoms with Crippen molar-refractivity contribution in [1.82, 2.24) is 19.7 Å². The number of carbonyl (C=O) groups excluding carboxylic acids is 1. The lowest BCUT2D eigenvalue weighted by Gasteiger charge is -2.14. The van der Waals surface area contributed by atoms with E-state index in [1.165, 1.54) is 11.8 Å². The Labute approximate surface area is 162 Å². The summed E-state index contributed by atoms with van der Waals surface area (Å²) in [5.74, 6) is 1.26. The number of methoxy groups -OCH3 is 1. The summed E-state index contributed by atoms with van der Waals surface area (Å²) in [6.07, 6.45) is 3.44. The molecule has 1 aromatic carbocycles. The zero-order chi connectivity index (χ0) is 19.2. The van der Waals surface area contributed by atoms with Crippen LogP contribution in [0.4, 0.5) is 5.69 Å². The normalized spacial score (nSPS) is 11.8. The van der Waals surface area contributed by atoms with E-state index in [9.17, 15) is 4.79 Å². The van der Waals surface area contributed by atoms with E-state index >= 15 is 0 Å². The number of hydrogen-bond acceptors (Lipinski definition) is 6. The molecule has 0 unspecified atom stereocenters. The highest BCUT2D eigenvalue weighted by atomic mass is 32.2. The summed E-state index contributed by atoms with van der Waals surface area (Å²) in [5.41, 5.74) is 1.59. The quantitative estimate of drug-likeness (QED) is 0.629. The van der Waals surface area contributed by atoms with Crippen molar-refractivity contribution in [3.05, 3.63) is 48.8 Å². The Balaban J connectivity index is 1.75. The molecule has 0 aliphatic heterocycles. The minimum atomic E-state index is -0.352. The van der Waals surface area contributed by atoms with Crippen molar-refractivity contribution >= 4 is 23.4 Å². The molecule has 2 aromatic heterocycles. The van der Waals surface area contributed by atoms with E-state index < -0.39 is 0 Å². The zero-order valence-electron chi connectivity index (χ0n) is 15.4. The SMILES string of the molecule is CCn1c(S[C@@H](C)C(=O)Nc2ccccc2OC)nnc1-c1ccncc1. The van der Waals surface area contributed by atoms with E-state index in [0.717, 1.165) is 11.4 Å². The lowest BCUT2D eigenvalue weighted by Crippen LogP contribution is -2.23. The maximum Gasteiger partial charge on any atom is 0.237 e. The first-order chi connectivity index (χ1) is 13.1. The number of aromatic nitrogens is 4. The van der Waals surface area contributed by atoms with Crippen molar-refractivity contribution in [2.24, 2.45) is 0 Å². The Morgan fingerprint density at radius 3 is 2.67 bits per heavy atom. The molecule has 3 rings (SSSR count). The first-order valence-corrected chi connectivity index (χ1v) is 9.46. The van der Waals surface area contributed by atoms with Crippen LogP contribution in [0.2, 0.25) is 0 Å². The molecule has 2 heterocycles. The van der Waals surface area contributed by atoms with Gasteiger partial charge in [-0.15, -0.1) is 10.2 Å². The topological polar surface area (TPSA) is 81.9 Å². The minimum absolute atomic E-state index is 0.124. The summed E-state index contributed by atoms with van der Waals surface area (Å²) in [5, 5.41) is 11.8. The molecule has 0 saturated heterocycles. The standard InChI is InChI=1S/C19H21N5O2S/c1-4-24-17(14-9-11-20-12-10-14)22-23-19(24)27-13(2)18(25)21-15-7-5-6-8-16(15)26-3/h5-13H,4H2,1-3H3,(H,21,25)/t13-/m0/s1. The average molecular weight is 383 g/mol. The molecule has 0 bridgehead atoms. The van der Waals surface area contributed by atoms with Gasteiger partial charge in [0.25, 0.3) is 0 Å². The van der Waals surface area contributed by atoms with Gasteiger partial charge >= 0.3 is 0 Å². The Hall–Kier alpha value is -2.87. The Bertz CT molecular complexity index is 913. The maximum absolute atomic E-state index is 12.6. The van der Waals surface area contributed by atoms with E-state index in [-0.39, 0.29) is 11.2 Å². The van der Waals surface area contributed by atoms with Crippen molar-refractivity contribution in [3.8, 4) is 17.1 Å². The lowest BCUT2D eigenvalue weighted by molar-refractivity contribution is -0.115. The number of para-hydroxylation sites is 2. The summed E-state index contributed by atoms with van der Waals surface area (Å²) in [6, 6.07) is 11.1. The second-order valence-corrected chi connectivity index (χ2v) is 7.04. The van der Waals surface area contributed by atoms with Gasteiger partial charge in [-0.05, 0) is 38.1 Å². The molecule has 1 atom stereocenters. The van der Waals surface area contributed by atoms with E-state index in [1.54, 1.807) is 19.5 Å². The van der Waals surface area contributed by atoms with Crippen LogP contribution in [0, 0.1) is 0 Å². The molecular weight excluding hydrogens is 362 g/mol. The fraction of sp³-hybridized carbons (Fsp3) is 0.263. The zero-order valence-corrected chi connectivity index (χ0v) is 16.2. The van der Waals surface area contributed by atoms with Crippen LogP contribution < -0.4 is 10.1 Å². The highest BCUT2D eigenvalue weighted by Crippen LogP contribution is 2.28. The predicted molar refractivity (Wildman–Crippen MR) is 106 cm³/mol. The maximum atomic E-state index is 12.6. The number of nitrogens with one attached hydrogen (secondary N) is 1. The van der Waals surface area contributed by atoms with Crippen molar-refractivity contribution < 1.29 is 9.53 Å². The molecule has 0 aliphatic carbocycles. The first-order valence-electron chi connectivity index (χ1n) is 8.58. The number of ether oxygens (including phenoxy) is 1. The van der Waals surface area contributed by atoms with Gasteiger partial charge in [-0.3, -0.25) is 9.78 Å². The number of amides is 1. The molecule has 27 heavy (non-hydrogen) atoms. The van der Waals surface area contributed by atoms with Gasteiger partial charge in [-0.2, -0.15) is 0 Å². The summed E-state index contributed by atoms with van der Waals surface area (Å²) in [7, 11) is 1.58. The van der Waals surface area contributed by atoms with E-state index in [1.807, 2.05) is 54.8 Å². The Morgan fingerprint density at radius 2 is 1.96 bits per heavy atom. The Kier molecular flexibility index (Phi) is 6.08. The minimum Gasteiger partial charge on any atom is -0.495 e. The number of pyridine rings is 1. The molecule has 140 valence electrons. The van der Waals surface area contributed by atoms with Crippen molar-refractivity contribution in [3.63, 3.8) is 0 Å². The number of benzene rings is 1. The number of anilines is 1. The molecule has 1 N–H and O–H groups in total. The number of rotatable bonds is 7. The molecule has 3 aromatic rings. The molecular formula is C19H21N5O2S. The summed E-state index contributed by atoms with van der Waals surface area (Å²) in [4.78, 5) is 16.6. The second-order valence-electron chi connectivity index (χ2n) is 5.74. The van der Waals surface area contributed by atoms with Crippen LogP contribution in [0.15, 0.2) is 53.9 Å². The van der Waals surface area contributed by atoms with E-state index in [2.05, 4.69) is 20.5 Å². The van der Waals surface area contributed by atoms with Gasteiger partial charge in [0, 0.05) is 24.5 Å². The molecule has 0 fully saturated rings. The second kappa shape index (κ2) is 8.68. The van der Waals surface area contributed by atoms with Crippen molar-refractivity contribution in [1.29, 1.82) is 0 Å². The summed E-state index contributed by atoms with van der Waals surface area (Å²) < 4.78 is 7.27. The number of nitrogens with zero attached hydrogens (tertiary/aromatic N) is 4. The molecule has 8 heteroatoms. The smallest absolute Gasteiger partial charge is 0.237 e. The number of hydrogen-bond donors (Lipinski definition) is 1. The van der Waals surface area contributed by atoms with E-state index in [4.69, 9.17) is 4.74 Å².